The van der Waals surface area contributed by atoms with E-state index in [2.05, 4.69) is 0 Å². The zero-order chi connectivity index (χ0) is 14.2. The number of nitrogens with zero attached hydrogens (tertiary/aromatic N) is 1. The Morgan fingerprint density at radius 2 is 2.11 bits per heavy atom. The summed E-state index contributed by atoms with van der Waals surface area (Å²) in [4.78, 5) is 13.2. The van der Waals surface area contributed by atoms with Gasteiger partial charge in [-0.1, -0.05) is 11.6 Å². The lowest BCUT2D eigenvalue weighted by molar-refractivity contribution is -0.117. The van der Waals surface area contributed by atoms with Crippen molar-refractivity contribution in [3.05, 3.63) is 23.2 Å². The first kappa shape index (κ1) is 14.4. The third-order valence-electron chi connectivity index (χ3n) is 2.93. The van der Waals surface area contributed by atoms with Gasteiger partial charge in [-0.25, -0.2) is 8.42 Å². The van der Waals surface area contributed by atoms with Crippen LogP contribution < -0.4 is 9.64 Å². The smallest absolute Gasteiger partial charge is 0.237 e. The van der Waals surface area contributed by atoms with Crippen molar-refractivity contribution in [1.29, 1.82) is 0 Å². The fraction of sp³-hybridized carbons (Fsp3) is 0.364. The van der Waals surface area contributed by atoms with E-state index >= 15 is 0 Å². The van der Waals surface area contributed by atoms with Crippen LogP contribution in [0.4, 0.5) is 5.69 Å². The minimum absolute atomic E-state index is 0.0106. The van der Waals surface area contributed by atoms with Crippen molar-refractivity contribution < 1.29 is 17.9 Å². The van der Waals surface area contributed by atoms with Crippen molar-refractivity contribution >= 4 is 42.9 Å². The lowest BCUT2D eigenvalue weighted by atomic mass is 10.3. The minimum atomic E-state index is -3.76. The highest BCUT2D eigenvalue weighted by molar-refractivity contribution is 8.14. The van der Waals surface area contributed by atoms with Crippen molar-refractivity contribution in [2.75, 3.05) is 18.6 Å². The molecule has 1 aromatic rings. The number of methoxy groups -OCH3 is 1. The maximum Gasteiger partial charge on any atom is 0.237 e. The van der Waals surface area contributed by atoms with Gasteiger partial charge < -0.3 is 9.64 Å². The number of halogens is 2. The summed E-state index contributed by atoms with van der Waals surface area (Å²) in [7, 11) is 3.03. The molecule has 1 saturated heterocycles. The zero-order valence-electron chi connectivity index (χ0n) is 9.97. The largest absolute Gasteiger partial charge is 0.497 e. The minimum Gasteiger partial charge on any atom is -0.497 e. The Labute approximate surface area is 120 Å². The highest BCUT2D eigenvalue weighted by Gasteiger charge is 2.38. The molecule has 1 aliphatic rings. The van der Waals surface area contributed by atoms with Crippen molar-refractivity contribution in [2.45, 2.75) is 11.7 Å². The first-order chi connectivity index (χ1) is 8.82. The van der Waals surface area contributed by atoms with Crippen molar-refractivity contribution in [3.63, 3.8) is 0 Å². The standard InChI is InChI=1S/C11H11Cl2NO4S/c1-18-7-2-3-10(9(12)4-7)14-6-8(5-11(14)15)19(13,16)17/h2-4,8H,5-6H2,1H3. The van der Waals surface area contributed by atoms with Gasteiger partial charge in [0.25, 0.3) is 0 Å². The molecule has 0 spiro atoms. The second-order valence-corrected chi connectivity index (χ2v) is 7.44. The Morgan fingerprint density at radius 1 is 1.42 bits per heavy atom. The molecule has 1 amide bonds. The molecule has 0 saturated carbocycles. The molecule has 1 unspecified atom stereocenters. The highest BCUT2D eigenvalue weighted by atomic mass is 35.7. The number of amides is 1. The Hall–Kier alpha value is -0.980. The van der Waals surface area contributed by atoms with Crippen LogP contribution in [0.2, 0.25) is 5.02 Å². The number of ether oxygens (including phenoxy) is 1. The first-order valence-electron chi connectivity index (χ1n) is 5.40. The van der Waals surface area contributed by atoms with Gasteiger partial charge in [-0.2, -0.15) is 0 Å². The van der Waals surface area contributed by atoms with Crippen molar-refractivity contribution in [1.82, 2.24) is 0 Å². The summed E-state index contributed by atoms with van der Waals surface area (Å²) >= 11 is 6.06. The highest BCUT2D eigenvalue weighted by Crippen LogP contribution is 2.34. The Balaban J connectivity index is 2.31. The lowest BCUT2D eigenvalue weighted by Crippen LogP contribution is -2.26. The molecule has 0 bridgehead atoms. The van der Waals surface area contributed by atoms with Crippen LogP contribution in [0.15, 0.2) is 18.2 Å². The molecule has 8 heteroatoms. The molecule has 1 heterocycles. The fourth-order valence-corrected chi connectivity index (χ4v) is 3.23. The number of carbonyl (C=O) groups excluding carboxylic acids is 1. The van der Waals surface area contributed by atoms with Crippen LogP contribution >= 0.6 is 22.3 Å². The van der Waals surface area contributed by atoms with Crippen LogP contribution in [0.25, 0.3) is 0 Å². The molecule has 1 aromatic carbocycles. The molecule has 1 aliphatic heterocycles. The molecule has 1 atom stereocenters. The first-order valence-corrected chi connectivity index (χ1v) is 8.15. The third-order valence-corrected chi connectivity index (χ3v) is 5.10. The van der Waals surface area contributed by atoms with E-state index in [1.807, 2.05) is 0 Å². The lowest BCUT2D eigenvalue weighted by Gasteiger charge is -2.18. The molecule has 1 fully saturated rings. The molecular weight excluding hydrogens is 313 g/mol. The van der Waals surface area contributed by atoms with Crippen LogP contribution in [0.3, 0.4) is 0 Å². The summed E-state index contributed by atoms with van der Waals surface area (Å²) < 4.78 is 27.6. The van der Waals surface area contributed by atoms with Crippen LogP contribution in [0.5, 0.6) is 5.75 Å². The number of hydrogen-bond acceptors (Lipinski definition) is 4. The molecule has 0 radical (unpaired) electrons. The maximum absolute atomic E-state index is 11.9. The molecular formula is C11H11Cl2NO4S. The van der Waals surface area contributed by atoms with Crippen LogP contribution in [0.1, 0.15) is 6.42 Å². The summed E-state index contributed by atoms with van der Waals surface area (Å²) in [5.41, 5.74) is 0.454. The van der Waals surface area contributed by atoms with Gasteiger partial charge in [0.2, 0.25) is 15.0 Å². The van der Waals surface area contributed by atoms with Crippen LogP contribution in [-0.4, -0.2) is 33.2 Å². The quantitative estimate of drug-likeness (QED) is 0.798. The molecule has 0 aromatic heterocycles. The summed E-state index contributed by atoms with van der Waals surface area (Å²) in [5.74, 6) is 0.239. The van der Waals surface area contributed by atoms with E-state index in [4.69, 9.17) is 27.0 Å². The molecule has 104 valence electrons. The molecule has 0 N–H and O–H groups in total. The van der Waals surface area contributed by atoms with Gasteiger partial charge in [0.15, 0.2) is 0 Å². The Morgan fingerprint density at radius 3 is 2.58 bits per heavy atom. The molecule has 2 rings (SSSR count). The molecule has 5 nitrogen and oxygen atoms in total. The molecule has 19 heavy (non-hydrogen) atoms. The predicted molar refractivity (Wildman–Crippen MR) is 73.5 cm³/mol. The summed E-state index contributed by atoms with van der Waals surface area (Å²) in [6.45, 7) is 0.0106. The average Bonchev–Trinajstić information content (AvgIpc) is 2.71. The van der Waals surface area contributed by atoms with Crippen molar-refractivity contribution in [2.24, 2.45) is 0 Å². The van der Waals surface area contributed by atoms with Crippen molar-refractivity contribution in [3.8, 4) is 5.75 Å². The van der Waals surface area contributed by atoms with Gasteiger partial charge in [-0.05, 0) is 12.1 Å². The van der Waals surface area contributed by atoms with Gasteiger partial charge in [-0.15, -0.1) is 0 Å². The monoisotopic (exact) mass is 323 g/mol. The second kappa shape index (κ2) is 5.19. The Bertz CT molecular complexity index is 617. The van der Waals surface area contributed by atoms with Gasteiger partial charge in [0, 0.05) is 29.7 Å². The zero-order valence-corrected chi connectivity index (χ0v) is 12.3. The van der Waals surface area contributed by atoms with E-state index in [9.17, 15) is 13.2 Å². The number of rotatable bonds is 3. The second-order valence-electron chi connectivity index (χ2n) is 4.12. The van der Waals surface area contributed by atoms with Gasteiger partial charge in [-0.3, -0.25) is 4.79 Å². The number of anilines is 1. The summed E-state index contributed by atoms with van der Waals surface area (Å²) in [5, 5.41) is -0.583. The normalized spacial score (nSPS) is 19.8. The van der Waals surface area contributed by atoms with E-state index in [0.29, 0.717) is 16.5 Å². The number of carbonyl (C=O) groups is 1. The van der Waals surface area contributed by atoms with E-state index in [0.717, 1.165) is 0 Å². The van der Waals surface area contributed by atoms with Crippen LogP contribution in [-0.2, 0) is 13.8 Å². The average molecular weight is 324 g/mol. The van der Waals surface area contributed by atoms with Gasteiger partial charge in [0.05, 0.1) is 17.8 Å². The summed E-state index contributed by atoms with van der Waals surface area (Å²) in [6, 6.07) is 4.83. The SMILES string of the molecule is COc1ccc(N2CC(S(=O)(=O)Cl)CC2=O)c(Cl)c1. The van der Waals surface area contributed by atoms with E-state index in [-0.39, 0.29) is 18.9 Å². The maximum atomic E-state index is 11.9. The molecule has 0 aliphatic carbocycles. The fourth-order valence-electron chi connectivity index (χ4n) is 1.93. The summed E-state index contributed by atoms with van der Waals surface area (Å²) in [6.07, 6.45) is -0.131. The van der Waals surface area contributed by atoms with E-state index in [1.165, 1.54) is 12.0 Å². The van der Waals surface area contributed by atoms with E-state index in [1.54, 1.807) is 18.2 Å². The van der Waals surface area contributed by atoms with Gasteiger partial charge >= 0.3 is 0 Å². The number of benzene rings is 1. The topological polar surface area (TPSA) is 63.7 Å². The van der Waals surface area contributed by atoms with Crippen LogP contribution in [0, 0.1) is 0 Å². The van der Waals surface area contributed by atoms with Gasteiger partial charge in [0.1, 0.15) is 11.0 Å². The van der Waals surface area contributed by atoms with E-state index < -0.39 is 14.3 Å². The number of hydrogen-bond donors (Lipinski definition) is 0. The predicted octanol–water partition coefficient (Wildman–Crippen LogP) is 2.02. The third kappa shape index (κ3) is 2.96. The Kier molecular flexibility index (Phi) is 3.94.